The van der Waals surface area contributed by atoms with E-state index in [4.69, 9.17) is 9.57 Å². The summed E-state index contributed by atoms with van der Waals surface area (Å²) in [5, 5.41) is 21.4. The summed E-state index contributed by atoms with van der Waals surface area (Å²) in [6.07, 6.45) is 11.0. The number of hydroxylamine groups is 2. The number of ether oxygens (including phenoxy) is 1. The van der Waals surface area contributed by atoms with Crippen molar-refractivity contribution in [2.24, 2.45) is 17.3 Å². The highest BCUT2D eigenvalue weighted by Gasteiger charge is 2.56. The first kappa shape index (κ1) is 16.4. The second kappa shape index (κ2) is 6.36. The van der Waals surface area contributed by atoms with Crippen LogP contribution < -0.4 is 0 Å². The Bertz CT molecular complexity index is 545. The summed E-state index contributed by atoms with van der Waals surface area (Å²) in [7, 11) is 1.70. The van der Waals surface area contributed by atoms with Gasteiger partial charge in [0, 0.05) is 25.1 Å². The quantitative estimate of drug-likeness (QED) is 0.826. The van der Waals surface area contributed by atoms with E-state index in [1.165, 1.54) is 12.0 Å². The van der Waals surface area contributed by atoms with Crippen molar-refractivity contribution in [3.63, 3.8) is 0 Å². The number of nitrogens with zero attached hydrogens (tertiary/aromatic N) is 1. The first-order valence-corrected chi connectivity index (χ1v) is 9.35. The van der Waals surface area contributed by atoms with Crippen molar-refractivity contribution in [3.8, 4) is 0 Å². The average molecular weight is 335 g/mol. The highest BCUT2D eigenvalue weighted by molar-refractivity contribution is 5.38. The number of aliphatic hydroxyl groups is 2. The maximum Gasteiger partial charge on any atom is 0.111 e. The van der Waals surface area contributed by atoms with Crippen molar-refractivity contribution < 1.29 is 19.8 Å². The molecule has 4 rings (SSSR count). The number of aliphatic hydroxyl groups excluding tert-OH is 2. The Kier molecular flexibility index (Phi) is 4.35. The summed E-state index contributed by atoms with van der Waals surface area (Å²) < 4.78 is 6.38. The van der Waals surface area contributed by atoms with Gasteiger partial charge in [-0.15, -0.1) is 0 Å². The van der Waals surface area contributed by atoms with Crippen LogP contribution in [0.4, 0.5) is 0 Å². The normalized spacial score (nSPS) is 40.9. The third-order valence-corrected chi connectivity index (χ3v) is 6.45. The lowest BCUT2D eigenvalue weighted by atomic mass is 9.60. The Morgan fingerprint density at radius 2 is 2.29 bits per heavy atom. The van der Waals surface area contributed by atoms with Gasteiger partial charge in [-0.2, -0.15) is 0 Å². The lowest BCUT2D eigenvalue weighted by Crippen LogP contribution is -2.41. The van der Waals surface area contributed by atoms with Gasteiger partial charge in [0.05, 0.1) is 30.9 Å². The van der Waals surface area contributed by atoms with Gasteiger partial charge in [-0.05, 0) is 50.0 Å². The Balaban J connectivity index is 1.70. The molecule has 2 heterocycles. The maximum absolute atomic E-state index is 10.3. The van der Waals surface area contributed by atoms with E-state index in [1.807, 2.05) is 5.06 Å². The third kappa shape index (κ3) is 2.57. The SMILES string of the molecule is CON1C=CC23CC(CCCO)CCC2OC2=C3C(C[C@@H](O)C2)C1. The van der Waals surface area contributed by atoms with Crippen LogP contribution in [0.3, 0.4) is 0 Å². The number of hydrogen-bond donors (Lipinski definition) is 2. The van der Waals surface area contributed by atoms with Crippen molar-refractivity contribution in [1.29, 1.82) is 0 Å². The minimum Gasteiger partial charge on any atom is -0.493 e. The molecule has 2 N–H and O–H groups in total. The predicted octanol–water partition coefficient (Wildman–Crippen LogP) is 2.36. The minimum absolute atomic E-state index is 0.0359. The second-order valence-electron chi connectivity index (χ2n) is 7.89. The average Bonchev–Trinajstić information content (AvgIpc) is 2.80. The molecule has 1 fully saturated rings. The van der Waals surface area contributed by atoms with Crippen LogP contribution in [0, 0.1) is 17.3 Å². The van der Waals surface area contributed by atoms with Gasteiger partial charge < -0.3 is 14.9 Å². The fourth-order valence-corrected chi connectivity index (χ4v) is 5.49. The monoisotopic (exact) mass is 335 g/mol. The van der Waals surface area contributed by atoms with Gasteiger partial charge in [0.2, 0.25) is 0 Å². The number of rotatable bonds is 4. The smallest absolute Gasteiger partial charge is 0.111 e. The molecule has 4 aliphatic rings. The van der Waals surface area contributed by atoms with Crippen LogP contribution >= 0.6 is 0 Å². The highest BCUT2D eigenvalue weighted by atomic mass is 16.7. The molecule has 0 bridgehead atoms. The van der Waals surface area contributed by atoms with Crippen LogP contribution in [0.5, 0.6) is 0 Å². The van der Waals surface area contributed by atoms with Gasteiger partial charge in [-0.1, -0.05) is 6.08 Å². The highest BCUT2D eigenvalue weighted by Crippen LogP contribution is 2.59. The molecule has 0 radical (unpaired) electrons. The van der Waals surface area contributed by atoms with Crippen molar-refractivity contribution in [2.45, 2.75) is 57.2 Å². The molecule has 24 heavy (non-hydrogen) atoms. The minimum atomic E-state index is -0.312. The molecule has 1 spiro atoms. The fourth-order valence-electron chi connectivity index (χ4n) is 5.49. The van der Waals surface area contributed by atoms with Crippen LogP contribution in [0.25, 0.3) is 0 Å². The van der Waals surface area contributed by atoms with E-state index in [0.717, 1.165) is 44.4 Å². The van der Waals surface area contributed by atoms with E-state index in [2.05, 4.69) is 12.3 Å². The van der Waals surface area contributed by atoms with E-state index in [9.17, 15) is 10.2 Å². The van der Waals surface area contributed by atoms with E-state index in [1.54, 1.807) is 7.11 Å². The van der Waals surface area contributed by atoms with Crippen LogP contribution in [-0.2, 0) is 9.57 Å². The van der Waals surface area contributed by atoms with Gasteiger partial charge in [-0.25, -0.2) is 0 Å². The molecular formula is C19H29NO4. The molecule has 0 aromatic rings. The summed E-state index contributed by atoms with van der Waals surface area (Å²) in [5.41, 5.74) is 1.40. The Morgan fingerprint density at radius 1 is 1.42 bits per heavy atom. The standard InChI is InChI=1S/C19H29NO4/c1-23-20-7-6-19-11-13(3-2-8-21)4-5-17(19)24-16-10-15(22)9-14(12-20)18(16)19/h6-7,13-15,17,21-22H,2-5,8-12H2,1H3/t13?,14?,15-,17?,19?/m1/s1. The topological polar surface area (TPSA) is 62.2 Å². The van der Waals surface area contributed by atoms with Crippen molar-refractivity contribution in [1.82, 2.24) is 5.06 Å². The molecule has 2 aliphatic heterocycles. The number of hydrogen-bond acceptors (Lipinski definition) is 5. The van der Waals surface area contributed by atoms with Gasteiger partial charge >= 0.3 is 0 Å². The van der Waals surface area contributed by atoms with Crippen LogP contribution in [0.2, 0.25) is 0 Å². The zero-order valence-corrected chi connectivity index (χ0v) is 14.5. The van der Waals surface area contributed by atoms with Crippen molar-refractivity contribution in [3.05, 3.63) is 23.6 Å². The molecule has 0 aromatic heterocycles. The third-order valence-electron chi connectivity index (χ3n) is 6.45. The molecule has 4 unspecified atom stereocenters. The molecule has 134 valence electrons. The second-order valence-corrected chi connectivity index (χ2v) is 7.89. The predicted molar refractivity (Wildman–Crippen MR) is 89.6 cm³/mol. The van der Waals surface area contributed by atoms with Gasteiger partial charge in [0.15, 0.2) is 0 Å². The molecule has 5 nitrogen and oxygen atoms in total. The molecule has 5 heteroatoms. The largest absolute Gasteiger partial charge is 0.493 e. The van der Waals surface area contributed by atoms with Gasteiger partial charge in [-0.3, -0.25) is 9.90 Å². The molecule has 5 atom stereocenters. The summed E-state index contributed by atoms with van der Waals surface area (Å²) >= 11 is 0. The zero-order valence-electron chi connectivity index (χ0n) is 14.5. The Morgan fingerprint density at radius 3 is 3.08 bits per heavy atom. The van der Waals surface area contributed by atoms with Crippen LogP contribution in [0.15, 0.2) is 23.6 Å². The first-order chi connectivity index (χ1) is 11.7. The summed E-state index contributed by atoms with van der Waals surface area (Å²) in [4.78, 5) is 5.50. The molecule has 0 aromatic carbocycles. The summed E-state index contributed by atoms with van der Waals surface area (Å²) in [5.74, 6) is 1.98. The van der Waals surface area contributed by atoms with E-state index in [-0.39, 0.29) is 24.2 Å². The summed E-state index contributed by atoms with van der Waals surface area (Å²) in [6.45, 7) is 1.06. The molecular weight excluding hydrogens is 306 g/mol. The molecule has 0 amide bonds. The van der Waals surface area contributed by atoms with E-state index < -0.39 is 0 Å². The zero-order chi connectivity index (χ0) is 16.7. The first-order valence-electron chi connectivity index (χ1n) is 9.35. The van der Waals surface area contributed by atoms with E-state index >= 15 is 0 Å². The van der Waals surface area contributed by atoms with Crippen molar-refractivity contribution >= 4 is 0 Å². The maximum atomic E-state index is 10.3. The van der Waals surface area contributed by atoms with E-state index in [0.29, 0.717) is 18.3 Å². The Hall–Kier alpha value is -1.04. The molecule has 0 saturated heterocycles. The lowest BCUT2D eigenvalue weighted by Gasteiger charge is -2.42. The van der Waals surface area contributed by atoms with Crippen LogP contribution in [0.1, 0.15) is 44.9 Å². The summed E-state index contributed by atoms with van der Waals surface area (Å²) in [6, 6.07) is 0. The fraction of sp³-hybridized carbons (Fsp3) is 0.789. The Labute approximate surface area is 143 Å². The van der Waals surface area contributed by atoms with Crippen LogP contribution in [-0.4, -0.2) is 47.7 Å². The molecule has 2 aliphatic carbocycles. The van der Waals surface area contributed by atoms with Gasteiger partial charge in [0.1, 0.15) is 6.10 Å². The van der Waals surface area contributed by atoms with Gasteiger partial charge in [0.25, 0.3) is 0 Å². The molecule has 1 saturated carbocycles. The van der Waals surface area contributed by atoms with Crippen molar-refractivity contribution in [2.75, 3.05) is 20.3 Å². The lowest BCUT2D eigenvalue weighted by molar-refractivity contribution is -0.0967.